The molecule has 0 aliphatic carbocycles. The number of nitrogens with zero attached hydrogens (tertiary/aromatic N) is 2. The number of benzene rings is 2. The first-order valence-corrected chi connectivity index (χ1v) is 8.66. The fourth-order valence-electron chi connectivity index (χ4n) is 3.26. The molecule has 0 radical (unpaired) electrons. The molecule has 0 aliphatic heterocycles. The predicted molar refractivity (Wildman–Crippen MR) is 101 cm³/mol. The van der Waals surface area contributed by atoms with Gasteiger partial charge in [-0.15, -0.1) is 0 Å². The van der Waals surface area contributed by atoms with E-state index >= 15 is 0 Å². The number of para-hydroxylation sites is 2. The Morgan fingerprint density at radius 1 is 1.00 bits per heavy atom. The predicted octanol–water partition coefficient (Wildman–Crippen LogP) is 2.70. The van der Waals surface area contributed by atoms with Crippen molar-refractivity contribution in [1.29, 1.82) is 0 Å². The molecule has 0 bridgehead atoms. The van der Waals surface area contributed by atoms with Gasteiger partial charge < -0.3 is 19.9 Å². The van der Waals surface area contributed by atoms with E-state index in [4.69, 9.17) is 0 Å². The minimum atomic E-state index is -0.399. The van der Waals surface area contributed by atoms with Gasteiger partial charge in [0.05, 0.1) is 12.6 Å². The van der Waals surface area contributed by atoms with Crippen molar-refractivity contribution in [3.8, 4) is 0 Å². The average Bonchev–Trinajstić information content (AvgIpc) is 2.89. The standard InChI is InChI=1S/C20H27N3O/c1-22(2)13-7-12-21-14-16(24)15-23-19-10-5-3-8-17(19)18-9-4-6-11-20(18)23/h3-6,8-11,16,21,24H,7,12-15H2,1-2H3/t16-/m1/s1. The Morgan fingerprint density at radius 2 is 1.58 bits per heavy atom. The Kier molecular flexibility index (Phi) is 5.51. The van der Waals surface area contributed by atoms with Crippen molar-refractivity contribution in [2.45, 2.75) is 19.1 Å². The summed E-state index contributed by atoms with van der Waals surface area (Å²) in [5.41, 5.74) is 2.37. The minimum Gasteiger partial charge on any atom is -0.390 e. The molecular weight excluding hydrogens is 298 g/mol. The van der Waals surface area contributed by atoms with Crippen LogP contribution in [0.2, 0.25) is 0 Å². The fraction of sp³-hybridized carbons (Fsp3) is 0.400. The summed E-state index contributed by atoms with van der Waals surface area (Å²) in [4.78, 5) is 2.18. The molecule has 24 heavy (non-hydrogen) atoms. The summed E-state index contributed by atoms with van der Waals surface area (Å²) in [7, 11) is 4.16. The first kappa shape index (κ1) is 17.0. The molecule has 3 aromatic rings. The Hall–Kier alpha value is -1.88. The highest BCUT2D eigenvalue weighted by molar-refractivity contribution is 6.07. The number of aliphatic hydroxyl groups is 1. The van der Waals surface area contributed by atoms with Crippen LogP contribution in [0.4, 0.5) is 0 Å². The van der Waals surface area contributed by atoms with Crippen molar-refractivity contribution in [2.24, 2.45) is 0 Å². The lowest BCUT2D eigenvalue weighted by Gasteiger charge is -2.15. The van der Waals surface area contributed by atoms with Crippen LogP contribution >= 0.6 is 0 Å². The minimum absolute atomic E-state index is 0.399. The quantitative estimate of drug-likeness (QED) is 0.626. The summed E-state index contributed by atoms with van der Waals surface area (Å²) in [6.45, 7) is 3.22. The molecule has 1 atom stereocenters. The third kappa shape index (κ3) is 3.78. The van der Waals surface area contributed by atoms with E-state index in [-0.39, 0.29) is 0 Å². The highest BCUT2D eigenvalue weighted by atomic mass is 16.3. The van der Waals surface area contributed by atoms with E-state index < -0.39 is 6.10 Å². The third-order valence-corrected chi connectivity index (χ3v) is 4.41. The van der Waals surface area contributed by atoms with E-state index in [1.165, 1.54) is 21.8 Å². The molecule has 0 saturated carbocycles. The maximum Gasteiger partial charge on any atom is 0.0843 e. The van der Waals surface area contributed by atoms with Crippen LogP contribution in [0.25, 0.3) is 21.8 Å². The molecule has 128 valence electrons. The summed E-state index contributed by atoms with van der Waals surface area (Å²) in [5, 5.41) is 16.3. The second-order valence-electron chi connectivity index (χ2n) is 6.66. The molecule has 0 fully saturated rings. The third-order valence-electron chi connectivity index (χ3n) is 4.41. The number of aliphatic hydroxyl groups excluding tert-OH is 1. The topological polar surface area (TPSA) is 40.4 Å². The van der Waals surface area contributed by atoms with Gasteiger partial charge in [0.25, 0.3) is 0 Å². The summed E-state index contributed by atoms with van der Waals surface area (Å²) in [6.07, 6.45) is 0.693. The molecule has 0 spiro atoms. The summed E-state index contributed by atoms with van der Waals surface area (Å²) < 4.78 is 2.23. The maximum atomic E-state index is 10.5. The molecule has 0 saturated heterocycles. The summed E-state index contributed by atoms with van der Waals surface area (Å²) >= 11 is 0. The number of nitrogens with one attached hydrogen (secondary N) is 1. The Morgan fingerprint density at radius 3 is 2.17 bits per heavy atom. The molecule has 0 unspecified atom stereocenters. The van der Waals surface area contributed by atoms with Gasteiger partial charge in [0.1, 0.15) is 0 Å². The number of fused-ring (bicyclic) bond motifs is 3. The maximum absolute atomic E-state index is 10.5. The lowest BCUT2D eigenvalue weighted by Crippen LogP contribution is -2.31. The highest BCUT2D eigenvalue weighted by Crippen LogP contribution is 2.28. The smallest absolute Gasteiger partial charge is 0.0843 e. The van der Waals surface area contributed by atoms with E-state index in [0.29, 0.717) is 13.1 Å². The second-order valence-corrected chi connectivity index (χ2v) is 6.66. The van der Waals surface area contributed by atoms with Gasteiger partial charge in [-0.05, 0) is 45.7 Å². The first-order valence-electron chi connectivity index (χ1n) is 8.66. The lowest BCUT2D eigenvalue weighted by atomic mass is 10.2. The summed E-state index contributed by atoms with van der Waals surface area (Å²) in [5.74, 6) is 0. The van der Waals surface area contributed by atoms with E-state index in [9.17, 15) is 5.11 Å². The van der Waals surface area contributed by atoms with Gasteiger partial charge in [-0.2, -0.15) is 0 Å². The van der Waals surface area contributed by atoms with Crippen molar-refractivity contribution in [2.75, 3.05) is 33.7 Å². The second kappa shape index (κ2) is 7.79. The number of aromatic nitrogens is 1. The first-order chi connectivity index (χ1) is 11.7. The van der Waals surface area contributed by atoms with Crippen LogP contribution < -0.4 is 5.32 Å². The van der Waals surface area contributed by atoms with E-state index in [1.807, 2.05) is 0 Å². The van der Waals surface area contributed by atoms with Crippen LogP contribution in [0, 0.1) is 0 Å². The molecule has 1 aromatic heterocycles. The van der Waals surface area contributed by atoms with Crippen LogP contribution in [-0.4, -0.2) is 54.4 Å². The largest absolute Gasteiger partial charge is 0.390 e. The summed E-state index contributed by atoms with van der Waals surface area (Å²) in [6, 6.07) is 16.8. The molecule has 1 heterocycles. The molecule has 2 aromatic carbocycles. The Balaban J connectivity index is 1.70. The zero-order chi connectivity index (χ0) is 16.9. The molecule has 4 nitrogen and oxygen atoms in total. The molecule has 2 N–H and O–H groups in total. The normalized spacial score (nSPS) is 13.2. The zero-order valence-electron chi connectivity index (χ0n) is 14.6. The van der Waals surface area contributed by atoms with Crippen molar-refractivity contribution in [3.63, 3.8) is 0 Å². The van der Waals surface area contributed by atoms with Crippen molar-refractivity contribution < 1.29 is 5.11 Å². The van der Waals surface area contributed by atoms with E-state index in [2.05, 4.69) is 77.4 Å². The Bertz CT molecular complexity index is 741. The van der Waals surface area contributed by atoms with Gasteiger partial charge >= 0.3 is 0 Å². The van der Waals surface area contributed by atoms with Crippen LogP contribution in [0.1, 0.15) is 6.42 Å². The van der Waals surface area contributed by atoms with Crippen LogP contribution in [0.3, 0.4) is 0 Å². The zero-order valence-corrected chi connectivity index (χ0v) is 14.6. The average molecular weight is 325 g/mol. The van der Waals surface area contributed by atoms with Gasteiger partial charge in [0.2, 0.25) is 0 Å². The van der Waals surface area contributed by atoms with Gasteiger partial charge in [0, 0.05) is 28.4 Å². The molecule has 4 heteroatoms. The lowest BCUT2D eigenvalue weighted by molar-refractivity contribution is 0.154. The number of hydrogen-bond acceptors (Lipinski definition) is 3. The van der Waals surface area contributed by atoms with Crippen LogP contribution in [0.5, 0.6) is 0 Å². The number of hydrogen-bond donors (Lipinski definition) is 2. The molecular formula is C20H27N3O. The number of rotatable bonds is 8. The Labute approximate surface area is 143 Å². The van der Waals surface area contributed by atoms with E-state index in [0.717, 1.165) is 19.5 Å². The van der Waals surface area contributed by atoms with Crippen molar-refractivity contribution in [3.05, 3.63) is 48.5 Å². The molecule has 0 aliphatic rings. The molecule has 3 rings (SSSR count). The SMILES string of the molecule is CN(C)CCCNC[C@@H](O)Cn1c2ccccc2c2ccccc21. The molecule has 0 amide bonds. The fourth-order valence-corrected chi connectivity index (χ4v) is 3.26. The van der Waals surface area contributed by atoms with Crippen LogP contribution in [0.15, 0.2) is 48.5 Å². The van der Waals surface area contributed by atoms with Gasteiger partial charge in [0.15, 0.2) is 0 Å². The van der Waals surface area contributed by atoms with E-state index in [1.54, 1.807) is 0 Å². The van der Waals surface area contributed by atoms with Crippen molar-refractivity contribution >= 4 is 21.8 Å². The van der Waals surface area contributed by atoms with Gasteiger partial charge in [-0.3, -0.25) is 0 Å². The van der Waals surface area contributed by atoms with Gasteiger partial charge in [-0.25, -0.2) is 0 Å². The van der Waals surface area contributed by atoms with Gasteiger partial charge in [-0.1, -0.05) is 36.4 Å². The monoisotopic (exact) mass is 325 g/mol. The highest BCUT2D eigenvalue weighted by Gasteiger charge is 2.12. The van der Waals surface area contributed by atoms with Crippen LogP contribution in [-0.2, 0) is 6.54 Å². The van der Waals surface area contributed by atoms with Crippen molar-refractivity contribution in [1.82, 2.24) is 14.8 Å².